The van der Waals surface area contributed by atoms with Crippen LogP contribution in [0.5, 0.6) is 5.75 Å². The van der Waals surface area contributed by atoms with E-state index in [0.717, 1.165) is 0 Å². The predicted octanol–water partition coefficient (Wildman–Crippen LogP) is 2.82. The number of anilines is 1. The molecule has 124 valence electrons. The second kappa shape index (κ2) is 6.70. The number of nitrogens with one attached hydrogen (secondary N) is 1. The molecule has 3 rings (SSSR count). The van der Waals surface area contributed by atoms with Gasteiger partial charge in [-0.1, -0.05) is 18.2 Å². The van der Waals surface area contributed by atoms with Crippen LogP contribution in [-0.2, 0) is 14.3 Å². The van der Waals surface area contributed by atoms with Gasteiger partial charge in [-0.2, -0.15) is 0 Å². The fraction of sp³-hybridized carbons (Fsp3) is 0.222. The molecule has 0 heterocycles. The maximum atomic E-state index is 13.7. The fourth-order valence-electron chi connectivity index (χ4n) is 2.56. The van der Waals surface area contributed by atoms with E-state index in [-0.39, 0.29) is 17.5 Å². The summed E-state index contributed by atoms with van der Waals surface area (Å²) in [6.45, 7) is -0.403. The number of phenols is 1. The predicted molar refractivity (Wildman–Crippen MR) is 84.9 cm³/mol. The van der Waals surface area contributed by atoms with Crippen molar-refractivity contribution in [3.63, 3.8) is 0 Å². The van der Waals surface area contributed by atoms with E-state index in [9.17, 15) is 14.0 Å². The van der Waals surface area contributed by atoms with E-state index in [1.54, 1.807) is 18.2 Å². The zero-order chi connectivity index (χ0) is 17.1. The number of halogens is 1. The third-order valence-electron chi connectivity index (χ3n) is 3.89. The Balaban J connectivity index is 1.47. The van der Waals surface area contributed by atoms with Gasteiger partial charge in [-0.25, -0.2) is 4.39 Å². The topological polar surface area (TPSA) is 75.6 Å². The average molecular weight is 329 g/mol. The number of phenolic OH excluding ortho intramolecular Hbond substituents is 1. The molecule has 5 nitrogen and oxygen atoms in total. The molecule has 2 aromatic carbocycles. The van der Waals surface area contributed by atoms with Crippen molar-refractivity contribution >= 4 is 17.6 Å². The number of aromatic hydroxyl groups is 1. The Hall–Kier alpha value is -2.89. The van der Waals surface area contributed by atoms with E-state index in [1.807, 2.05) is 0 Å². The molecule has 0 aromatic heterocycles. The molecule has 24 heavy (non-hydrogen) atoms. The SMILES string of the molecule is O=C(COC(=O)[C@H]1C[C@H]1c1ccccc1F)Nc1ccc(O)cc1. The van der Waals surface area contributed by atoms with E-state index < -0.39 is 24.4 Å². The number of esters is 1. The molecule has 0 radical (unpaired) electrons. The van der Waals surface area contributed by atoms with Crippen molar-refractivity contribution in [2.24, 2.45) is 5.92 Å². The lowest BCUT2D eigenvalue weighted by Gasteiger charge is -2.07. The molecule has 1 aliphatic carbocycles. The van der Waals surface area contributed by atoms with Crippen LogP contribution in [0.1, 0.15) is 17.9 Å². The summed E-state index contributed by atoms with van der Waals surface area (Å²) in [7, 11) is 0. The fourth-order valence-corrected chi connectivity index (χ4v) is 2.56. The molecule has 0 spiro atoms. The first-order chi connectivity index (χ1) is 11.5. The highest BCUT2D eigenvalue weighted by atomic mass is 19.1. The van der Waals surface area contributed by atoms with Gasteiger partial charge in [0.25, 0.3) is 5.91 Å². The third-order valence-corrected chi connectivity index (χ3v) is 3.89. The van der Waals surface area contributed by atoms with Crippen LogP contribution in [-0.4, -0.2) is 23.6 Å². The number of ether oxygens (including phenoxy) is 1. The van der Waals surface area contributed by atoms with Crippen LogP contribution in [0.2, 0.25) is 0 Å². The number of hydrogen-bond acceptors (Lipinski definition) is 4. The molecule has 1 aliphatic rings. The van der Waals surface area contributed by atoms with Crippen molar-refractivity contribution < 1.29 is 23.8 Å². The lowest BCUT2D eigenvalue weighted by Crippen LogP contribution is -2.21. The quantitative estimate of drug-likeness (QED) is 0.653. The lowest BCUT2D eigenvalue weighted by atomic mass is 10.1. The second-order valence-electron chi connectivity index (χ2n) is 5.67. The molecule has 2 atom stereocenters. The number of benzene rings is 2. The van der Waals surface area contributed by atoms with E-state index in [2.05, 4.69) is 5.32 Å². The number of hydrogen-bond donors (Lipinski definition) is 2. The van der Waals surface area contributed by atoms with Gasteiger partial charge in [0.15, 0.2) is 6.61 Å². The summed E-state index contributed by atoms with van der Waals surface area (Å²) in [6, 6.07) is 12.3. The van der Waals surface area contributed by atoms with Crippen molar-refractivity contribution in [2.75, 3.05) is 11.9 Å². The van der Waals surface area contributed by atoms with Crippen LogP contribution in [0.3, 0.4) is 0 Å². The number of carbonyl (C=O) groups is 2. The second-order valence-corrected chi connectivity index (χ2v) is 5.67. The Bertz CT molecular complexity index is 760. The summed E-state index contributed by atoms with van der Waals surface area (Å²) < 4.78 is 18.7. The first-order valence-corrected chi connectivity index (χ1v) is 7.54. The zero-order valence-electron chi connectivity index (χ0n) is 12.7. The molecular weight excluding hydrogens is 313 g/mol. The highest BCUT2D eigenvalue weighted by Crippen LogP contribution is 2.48. The smallest absolute Gasteiger partial charge is 0.310 e. The van der Waals surface area contributed by atoms with Gasteiger partial charge < -0.3 is 15.2 Å². The van der Waals surface area contributed by atoms with Gasteiger partial charge in [-0.15, -0.1) is 0 Å². The minimum absolute atomic E-state index is 0.0901. The standard InChI is InChI=1S/C18H16FNO4/c19-16-4-2-1-3-13(16)14-9-15(14)18(23)24-10-17(22)20-11-5-7-12(21)8-6-11/h1-8,14-15,21H,9-10H2,(H,20,22)/t14-,15-/m0/s1. The van der Waals surface area contributed by atoms with Gasteiger partial charge in [0.05, 0.1) is 5.92 Å². The minimum atomic E-state index is -0.496. The number of carbonyl (C=O) groups excluding carboxylic acids is 2. The highest BCUT2D eigenvalue weighted by molar-refractivity contribution is 5.93. The minimum Gasteiger partial charge on any atom is -0.508 e. The monoisotopic (exact) mass is 329 g/mol. The first kappa shape index (κ1) is 16.0. The van der Waals surface area contributed by atoms with Crippen LogP contribution >= 0.6 is 0 Å². The van der Waals surface area contributed by atoms with Gasteiger partial charge >= 0.3 is 5.97 Å². The zero-order valence-corrected chi connectivity index (χ0v) is 12.7. The third kappa shape index (κ3) is 3.71. The van der Waals surface area contributed by atoms with E-state index in [4.69, 9.17) is 9.84 Å². The maximum Gasteiger partial charge on any atom is 0.310 e. The summed E-state index contributed by atoms with van der Waals surface area (Å²) in [5.74, 6) is -1.79. The molecule has 0 bridgehead atoms. The van der Waals surface area contributed by atoms with Gasteiger partial charge in [-0.3, -0.25) is 9.59 Å². The van der Waals surface area contributed by atoms with Crippen LogP contribution in [0, 0.1) is 11.7 Å². The van der Waals surface area contributed by atoms with Crippen molar-refractivity contribution in [3.05, 3.63) is 59.9 Å². The molecule has 0 saturated heterocycles. The summed E-state index contributed by atoms with van der Waals surface area (Å²) in [4.78, 5) is 23.7. The van der Waals surface area contributed by atoms with Gasteiger partial charge in [0.2, 0.25) is 0 Å². The van der Waals surface area contributed by atoms with Crippen LogP contribution in [0.25, 0.3) is 0 Å². The van der Waals surface area contributed by atoms with E-state index >= 15 is 0 Å². The molecule has 1 fully saturated rings. The summed E-state index contributed by atoms with van der Waals surface area (Å²) in [6.07, 6.45) is 0.527. The Labute approximate surface area is 138 Å². The van der Waals surface area contributed by atoms with E-state index in [1.165, 1.54) is 30.3 Å². The molecule has 0 aliphatic heterocycles. The number of rotatable bonds is 5. The molecule has 0 unspecified atom stereocenters. The van der Waals surface area contributed by atoms with Gasteiger partial charge in [0, 0.05) is 11.6 Å². The first-order valence-electron chi connectivity index (χ1n) is 7.54. The summed E-state index contributed by atoms with van der Waals surface area (Å²) in [5.41, 5.74) is 0.998. The Kier molecular flexibility index (Phi) is 4.46. The van der Waals surface area contributed by atoms with Gasteiger partial charge in [-0.05, 0) is 42.3 Å². The van der Waals surface area contributed by atoms with Gasteiger partial charge in [0.1, 0.15) is 11.6 Å². The van der Waals surface area contributed by atoms with Crippen molar-refractivity contribution in [1.82, 2.24) is 0 Å². The normalized spacial score (nSPS) is 18.7. The Morgan fingerprint density at radius 3 is 2.58 bits per heavy atom. The van der Waals surface area contributed by atoms with Crippen molar-refractivity contribution in [3.8, 4) is 5.75 Å². The van der Waals surface area contributed by atoms with Crippen LogP contribution < -0.4 is 5.32 Å². The highest BCUT2D eigenvalue weighted by Gasteiger charge is 2.46. The van der Waals surface area contributed by atoms with Crippen LogP contribution in [0.4, 0.5) is 10.1 Å². The largest absolute Gasteiger partial charge is 0.508 e. The Morgan fingerprint density at radius 2 is 1.88 bits per heavy atom. The molecule has 6 heteroatoms. The molecular formula is C18H16FNO4. The lowest BCUT2D eigenvalue weighted by molar-refractivity contribution is -0.148. The van der Waals surface area contributed by atoms with E-state index in [0.29, 0.717) is 17.7 Å². The average Bonchev–Trinajstić information content (AvgIpc) is 3.36. The number of amides is 1. The van der Waals surface area contributed by atoms with Crippen molar-refractivity contribution in [2.45, 2.75) is 12.3 Å². The summed E-state index contributed by atoms with van der Waals surface area (Å²) >= 11 is 0. The van der Waals surface area contributed by atoms with Crippen LogP contribution in [0.15, 0.2) is 48.5 Å². The molecule has 2 aromatic rings. The summed E-state index contributed by atoms with van der Waals surface area (Å²) in [5, 5.41) is 11.7. The molecule has 1 saturated carbocycles. The molecule has 1 amide bonds. The molecule has 2 N–H and O–H groups in total. The van der Waals surface area contributed by atoms with Crippen molar-refractivity contribution in [1.29, 1.82) is 0 Å². The maximum absolute atomic E-state index is 13.7. The Morgan fingerprint density at radius 1 is 1.17 bits per heavy atom.